The molecule has 3 nitrogen and oxygen atoms in total. The van der Waals surface area contributed by atoms with Crippen LogP contribution in [0, 0.1) is 11.8 Å². The molecule has 138 valence electrons. The number of benzene rings is 4. The van der Waals surface area contributed by atoms with Crippen LogP contribution >= 0.6 is 0 Å². The lowest BCUT2D eigenvalue weighted by atomic mass is 9.54. The second-order valence-electron chi connectivity index (χ2n) is 8.52. The van der Waals surface area contributed by atoms with Gasteiger partial charge in [-0.15, -0.1) is 0 Å². The second-order valence-corrected chi connectivity index (χ2v) is 8.52. The van der Waals surface area contributed by atoms with Gasteiger partial charge in [0, 0.05) is 11.8 Å². The van der Waals surface area contributed by atoms with Gasteiger partial charge in [-0.1, -0.05) is 72.8 Å². The summed E-state index contributed by atoms with van der Waals surface area (Å²) in [6.07, 6.45) is 0. The molecule has 0 spiro atoms. The molecule has 1 N–H and O–H groups in total. The van der Waals surface area contributed by atoms with Crippen molar-refractivity contribution in [3.63, 3.8) is 0 Å². The fraction of sp³-hybridized carbons (Fsp3) is 0.154. The van der Waals surface area contributed by atoms with Crippen LogP contribution in [-0.4, -0.2) is 11.8 Å². The van der Waals surface area contributed by atoms with Crippen molar-refractivity contribution < 1.29 is 9.59 Å². The third-order valence-corrected chi connectivity index (χ3v) is 7.20. The summed E-state index contributed by atoms with van der Waals surface area (Å²) in [6.45, 7) is 0. The van der Waals surface area contributed by atoms with Crippen LogP contribution in [0.4, 0.5) is 0 Å². The van der Waals surface area contributed by atoms with Crippen LogP contribution in [0.15, 0.2) is 72.8 Å². The van der Waals surface area contributed by atoms with Crippen LogP contribution in [0.5, 0.6) is 0 Å². The molecule has 4 aromatic carbocycles. The molecule has 1 heterocycles. The summed E-state index contributed by atoms with van der Waals surface area (Å²) in [4.78, 5) is 25.6. The van der Waals surface area contributed by atoms with Gasteiger partial charge in [0.15, 0.2) is 0 Å². The maximum Gasteiger partial charge on any atom is 0.231 e. The average Bonchev–Trinajstić information content (AvgIpc) is 3.05. The van der Waals surface area contributed by atoms with Crippen LogP contribution < -0.4 is 5.32 Å². The Kier molecular flexibility index (Phi) is 2.73. The molecule has 0 unspecified atom stereocenters. The predicted molar refractivity (Wildman–Crippen MR) is 112 cm³/mol. The highest BCUT2D eigenvalue weighted by Crippen LogP contribution is 2.60. The van der Waals surface area contributed by atoms with Crippen LogP contribution in [0.1, 0.15) is 34.1 Å². The fourth-order valence-corrected chi connectivity index (χ4v) is 6.07. The predicted octanol–water partition coefficient (Wildman–Crippen LogP) is 4.47. The van der Waals surface area contributed by atoms with Crippen LogP contribution in [-0.2, 0) is 9.59 Å². The van der Waals surface area contributed by atoms with E-state index < -0.39 is 0 Å². The van der Waals surface area contributed by atoms with Crippen molar-refractivity contribution in [2.45, 2.75) is 11.8 Å². The largest absolute Gasteiger partial charge is 0.296 e. The number of hydrogen-bond acceptors (Lipinski definition) is 2. The maximum absolute atomic E-state index is 12.8. The van der Waals surface area contributed by atoms with Crippen molar-refractivity contribution in [2.75, 3.05) is 0 Å². The minimum absolute atomic E-state index is 0.0735. The third kappa shape index (κ3) is 1.83. The molecule has 2 bridgehead atoms. The topological polar surface area (TPSA) is 46.2 Å². The molecule has 3 aliphatic carbocycles. The minimum Gasteiger partial charge on any atom is -0.296 e. The molecule has 3 heteroatoms. The van der Waals surface area contributed by atoms with Gasteiger partial charge in [-0.2, -0.15) is 0 Å². The Morgan fingerprint density at radius 3 is 1.14 bits per heavy atom. The number of carbonyl (C=O) groups excluding carboxylic acids is 2. The standard InChI is InChI=1S/C26H17NO2/c28-25-23-21-17-9-13-5-1-2-6-14(13)10-18(17)22(24(23)26(29)27-25)20-12-16-8-4-3-7-15(16)11-19(20)21/h1-12,21-24H,(H,27,28,29)/t21?,22?,23-,24+. The van der Waals surface area contributed by atoms with Gasteiger partial charge in [0.25, 0.3) is 0 Å². The lowest BCUT2D eigenvalue weighted by molar-refractivity contribution is -0.126. The quantitative estimate of drug-likeness (QED) is 0.461. The van der Waals surface area contributed by atoms with Gasteiger partial charge in [0.1, 0.15) is 0 Å². The lowest BCUT2D eigenvalue weighted by Gasteiger charge is -2.46. The molecule has 8 rings (SSSR count). The zero-order valence-corrected chi connectivity index (χ0v) is 15.6. The molecule has 0 aromatic heterocycles. The number of fused-ring (bicyclic) bond motifs is 2. The first-order valence-electron chi connectivity index (χ1n) is 10.1. The lowest BCUT2D eigenvalue weighted by Crippen LogP contribution is -2.41. The van der Waals surface area contributed by atoms with Crippen molar-refractivity contribution in [1.82, 2.24) is 5.32 Å². The second kappa shape index (κ2) is 5.12. The first-order chi connectivity index (χ1) is 14.2. The van der Waals surface area contributed by atoms with Crippen LogP contribution in [0.25, 0.3) is 21.5 Å². The van der Waals surface area contributed by atoms with E-state index in [2.05, 4.69) is 53.8 Å². The summed E-state index contributed by atoms with van der Waals surface area (Å²) >= 11 is 0. The van der Waals surface area contributed by atoms with E-state index in [1.807, 2.05) is 24.3 Å². The van der Waals surface area contributed by atoms with E-state index in [-0.39, 0.29) is 35.5 Å². The number of nitrogens with one attached hydrogen (secondary N) is 1. The first-order valence-corrected chi connectivity index (χ1v) is 10.1. The Hall–Kier alpha value is -3.46. The smallest absolute Gasteiger partial charge is 0.231 e. The molecule has 2 atom stereocenters. The van der Waals surface area contributed by atoms with Crippen molar-refractivity contribution >= 4 is 33.4 Å². The van der Waals surface area contributed by atoms with E-state index in [9.17, 15) is 9.59 Å². The molecule has 0 radical (unpaired) electrons. The van der Waals surface area contributed by atoms with Crippen molar-refractivity contribution in [3.8, 4) is 0 Å². The SMILES string of the molecule is O=C1NC(=O)[C@H]2C3c4cc5ccccc5cc4C(c4cc5ccccc5cc43)[C@@H]12. The number of hydrogen-bond donors (Lipinski definition) is 1. The molecule has 1 aliphatic heterocycles. The molecule has 4 aliphatic rings. The van der Waals surface area contributed by atoms with Crippen molar-refractivity contribution in [2.24, 2.45) is 11.8 Å². The summed E-state index contributed by atoms with van der Waals surface area (Å²) < 4.78 is 0. The Morgan fingerprint density at radius 1 is 0.517 bits per heavy atom. The Balaban J connectivity index is 1.61. The van der Waals surface area contributed by atoms with Gasteiger partial charge in [0.05, 0.1) is 11.8 Å². The third-order valence-electron chi connectivity index (χ3n) is 7.20. The molecule has 1 saturated heterocycles. The van der Waals surface area contributed by atoms with E-state index >= 15 is 0 Å². The highest BCUT2D eigenvalue weighted by molar-refractivity contribution is 6.08. The monoisotopic (exact) mass is 375 g/mol. The molecular weight excluding hydrogens is 358 g/mol. The molecular formula is C26H17NO2. The Labute approximate surface area is 167 Å². The summed E-state index contributed by atoms with van der Waals surface area (Å²) in [5, 5.41) is 7.37. The van der Waals surface area contributed by atoms with Gasteiger partial charge in [-0.3, -0.25) is 14.9 Å². The van der Waals surface area contributed by atoms with Gasteiger partial charge in [-0.05, 0) is 43.8 Å². The van der Waals surface area contributed by atoms with Crippen LogP contribution in [0.3, 0.4) is 0 Å². The Morgan fingerprint density at radius 2 is 0.828 bits per heavy atom. The normalized spacial score (nSPS) is 26.3. The van der Waals surface area contributed by atoms with Gasteiger partial charge < -0.3 is 0 Å². The highest BCUT2D eigenvalue weighted by Gasteiger charge is 2.58. The van der Waals surface area contributed by atoms with Gasteiger partial charge >= 0.3 is 0 Å². The summed E-state index contributed by atoms with van der Waals surface area (Å²) in [5.41, 5.74) is 4.84. The Bertz CT molecular complexity index is 1210. The number of carbonyl (C=O) groups is 2. The summed E-state index contributed by atoms with van der Waals surface area (Å²) in [5.74, 6) is -1.00. The minimum atomic E-state index is -0.310. The molecule has 29 heavy (non-hydrogen) atoms. The average molecular weight is 375 g/mol. The summed E-state index contributed by atoms with van der Waals surface area (Å²) in [6, 6.07) is 25.6. The number of imide groups is 1. The van der Waals surface area contributed by atoms with E-state index in [1.54, 1.807) is 0 Å². The van der Waals surface area contributed by atoms with E-state index in [4.69, 9.17) is 0 Å². The zero-order valence-electron chi connectivity index (χ0n) is 15.6. The van der Waals surface area contributed by atoms with Crippen molar-refractivity contribution in [1.29, 1.82) is 0 Å². The molecule has 0 saturated carbocycles. The highest BCUT2D eigenvalue weighted by atomic mass is 16.2. The van der Waals surface area contributed by atoms with Gasteiger partial charge in [0.2, 0.25) is 11.8 Å². The molecule has 2 amide bonds. The summed E-state index contributed by atoms with van der Waals surface area (Å²) in [7, 11) is 0. The first kappa shape index (κ1) is 15.5. The van der Waals surface area contributed by atoms with E-state index in [0.717, 1.165) is 0 Å². The fourth-order valence-electron chi connectivity index (χ4n) is 6.07. The molecule has 1 fully saturated rings. The van der Waals surface area contributed by atoms with Crippen molar-refractivity contribution in [3.05, 3.63) is 95.1 Å². The van der Waals surface area contributed by atoms with Crippen LogP contribution in [0.2, 0.25) is 0 Å². The molecule has 4 aromatic rings. The van der Waals surface area contributed by atoms with E-state index in [0.29, 0.717) is 0 Å². The number of amides is 2. The maximum atomic E-state index is 12.8. The zero-order chi connectivity index (χ0) is 19.3. The van der Waals surface area contributed by atoms with Gasteiger partial charge in [-0.25, -0.2) is 0 Å². The number of rotatable bonds is 0. The van der Waals surface area contributed by atoms with E-state index in [1.165, 1.54) is 43.8 Å².